The van der Waals surface area contributed by atoms with E-state index in [2.05, 4.69) is 12.1 Å². The Morgan fingerprint density at radius 2 is 1.92 bits per heavy atom. The molecule has 4 rings (SSSR count). The van der Waals surface area contributed by atoms with Gasteiger partial charge in [0.1, 0.15) is 11.5 Å². The van der Waals surface area contributed by atoms with E-state index in [-0.39, 0.29) is 17.6 Å². The van der Waals surface area contributed by atoms with Gasteiger partial charge in [0.15, 0.2) is 0 Å². The molecule has 0 fully saturated rings. The smallest absolute Gasteiger partial charge is 0.313 e. The third kappa shape index (κ3) is 2.66. The van der Waals surface area contributed by atoms with Crippen LogP contribution in [0.5, 0.6) is 5.75 Å². The Balaban J connectivity index is 1.85. The number of aliphatic hydroxyl groups excluding tert-OH is 1. The van der Waals surface area contributed by atoms with Gasteiger partial charge in [0.2, 0.25) is 0 Å². The average molecular weight is 350 g/mol. The maximum absolute atomic E-state index is 12.4. The molecule has 0 aromatic heterocycles. The summed E-state index contributed by atoms with van der Waals surface area (Å²) in [6.45, 7) is 0. The molecular weight excluding hydrogens is 328 g/mol. The Labute approximate surface area is 153 Å². The molecule has 2 aliphatic rings. The Morgan fingerprint density at radius 3 is 2.62 bits per heavy atom. The molecule has 134 valence electrons. The van der Waals surface area contributed by atoms with Gasteiger partial charge in [-0.1, -0.05) is 30.3 Å². The highest BCUT2D eigenvalue weighted by Gasteiger charge is 2.41. The van der Waals surface area contributed by atoms with Crippen molar-refractivity contribution in [3.8, 4) is 5.75 Å². The van der Waals surface area contributed by atoms with E-state index in [1.165, 1.54) is 12.7 Å². The van der Waals surface area contributed by atoms with Crippen molar-refractivity contribution in [1.82, 2.24) is 0 Å². The van der Waals surface area contributed by atoms with Crippen LogP contribution < -0.4 is 4.74 Å². The minimum Gasteiger partial charge on any atom is -0.508 e. The van der Waals surface area contributed by atoms with Crippen molar-refractivity contribution in [2.45, 2.75) is 24.7 Å². The monoisotopic (exact) mass is 350 g/mol. The predicted octanol–water partition coefficient (Wildman–Crippen LogP) is 4.21. The molecule has 2 aromatic carbocycles. The second-order valence-electron chi connectivity index (χ2n) is 7.00. The number of esters is 1. The van der Waals surface area contributed by atoms with Crippen LogP contribution in [0.1, 0.15) is 40.5 Å². The van der Waals surface area contributed by atoms with Gasteiger partial charge in [0.05, 0.1) is 20.1 Å². The summed E-state index contributed by atoms with van der Waals surface area (Å²) in [6, 6.07) is 14.3. The lowest BCUT2D eigenvalue weighted by molar-refractivity contribution is -0.144. The summed E-state index contributed by atoms with van der Waals surface area (Å²) in [7, 11) is 3.03. The lowest BCUT2D eigenvalue weighted by Crippen LogP contribution is -2.31. The molecule has 2 aromatic rings. The van der Waals surface area contributed by atoms with Crippen LogP contribution in [0, 0.1) is 5.92 Å². The van der Waals surface area contributed by atoms with Gasteiger partial charge in [-0.15, -0.1) is 0 Å². The number of carbonyl (C=O) groups excluding carboxylic acids is 1. The number of carbonyl (C=O) groups is 1. The lowest BCUT2D eigenvalue weighted by Gasteiger charge is -2.38. The molecule has 0 amide bonds. The van der Waals surface area contributed by atoms with Crippen molar-refractivity contribution in [1.29, 1.82) is 0 Å². The fraction of sp³-hybridized carbons (Fsp3) is 0.318. The highest BCUT2D eigenvalue weighted by molar-refractivity contribution is 5.82. The molecular formula is C22H22O4. The number of aliphatic hydroxyl groups is 1. The van der Waals surface area contributed by atoms with Gasteiger partial charge in [-0.3, -0.25) is 4.79 Å². The minimum absolute atomic E-state index is 0.00628. The van der Waals surface area contributed by atoms with E-state index in [0.717, 1.165) is 35.3 Å². The van der Waals surface area contributed by atoms with Crippen LogP contribution in [-0.2, 0) is 16.0 Å². The van der Waals surface area contributed by atoms with Gasteiger partial charge in [0, 0.05) is 11.5 Å². The standard InChI is InChI=1S/C22H22O4/c1-25-16-9-15-8-14(13-6-4-3-5-7-13)10-17-18(22(24)26-2)12-20(23)19(11-16)21(15)17/h3-7,9,11-12,14,17-18,23H,8,10H2,1-2H3/t14-,17-,18+/m1/s1. The topological polar surface area (TPSA) is 55.8 Å². The zero-order valence-corrected chi connectivity index (χ0v) is 14.9. The maximum Gasteiger partial charge on any atom is 0.313 e. The second-order valence-corrected chi connectivity index (χ2v) is 7.00. The van der Waals surface area contributed by atoms with Crippen LogP contribution in [0.15, 0.2) is 48.5 Å². The Bertz CT molecular complexity index is 869. The highest BCUT2D eigenvalue weighted by Crippen LogP contribution is 2.50. The molecule has 0 aliphatic heterocycles. The first-order valence-electron chi connectivity index (χ1n) is 8.87. The Hall–Kier alpha value is -2.75. The quantitative estimate of drug-likeness (QED) is 0.843. The molecule has 4 heteroatoms. The lowest BCUT2D eigenvalue weighted by atomic mass is 9.66. The number of benzene rings is 2. The first-order chi connectivity index (χ1) is 12.6. The summed E-state index contributed by atoms with van der Waals surface area (Å²) in [5.74, 6) is 0.393. The number of methoxy groups -OCH3 is 2. The number of hydrogen-bond acceptors (Lipinski definition) is 4. The number of rotatable bonds is 3. The first-order valence-corrected chi connectivity index (χ1v) is 8.87. The van der Waals surface area contributed by atoms with Crippen molar-refractivity contribution in [3.63, 3.8) is 0 Å². The van der Waals surface area contributed by atoms with Crippen molar-refractivity contribution >= 4 is 11.7 Å². The van der Waals surface area contributed by atoms with Crippen LogP contribution in [0.2, 0.25) is 0 Å². The minimum atomic E-state index is -0.467. The van der Waals surface area contributed by atoms with Gasteiger partial charge in [-0.2, -0.15) is 0 Å². The normalized spacial score (nSPS) is 23.6. The SMILES string of the molecule is COC(=O)[C@H]1C=C(O)c2cc(OC)cc3c2[C@@H]1C[C@H](c1ccccc1)C3. The molecule has 0 spiro atoms. The third-order valence-electron chi connectivity index (χ3n) is 5.64. The predicted molar refractivity (Wildman–Crippen MR) is 99.4 cm³/mol. The van der Waals surface area contributed by atoms with E-state index in [0.29, 0.717) is 5.92 Å². The zero-order chi connectivity index (χ0) is 18.3. The van der Waals surface area contributed by atoms with Gasteiger partial charge in [-0.25, -0.2) is 0 Å². The molecule has 2 aliphatic carbocycles. The molecule has 0 saturated carbocycles. The summed E-state index contributed by atoms with van der Waals surface area (Å²) >= 11 is 0. The molecule has 3 atom stereocenters. The van der Waals surface area contributed by atoms with Crippen LogP contribution in [0.3, 0.4) is 0 Å². The van der Waals surface area contributed by atoms with Crippen LogP contribution >= 0.6 is 0 Å². The Kier molecular flexibility index (Phi) is 4.19. The van der Waals surface area contributed by atoms with Gasteiger partial charge < -0.3 is 14.6 Å². The van der Waals surface area contributed by atoms with Gasteiger partial charge >= 0.3 is 5.97 Å². The molecule has 1 N–H and O–H groups in total. The van der Waals surface area contributed by atoms with E-state index >= 15 is 0 Å². The highest BCUT2D eigenvalue weighted by atomic mass is 16.5. The largest absolute Gasteiger partial charge is 0.508 e. The van der Waals surface area contributed by atoms with E-state index in [1.807, 2.05) is 30.3 Å². The fourth-order valence-corrected chi connectivity index (χ4v) is 4.44. The van der Waals surface area contributed by atoms with Crippen molar-refractivity contribution in [2.75, 3.05) is 14.2 Å². The first kappa shape index (κ1) is 16.7. The van der Waals surface area contributed by atoms with Crippen LogP contribution in [-0.4, -0.2) is 25.3 Å². The summed E-state index contributed by atoms with van der Waals surface area (Å²) in [5, 5.41) is 10.5. The van der Waals surface area contributed by atoms with Crippen molar-refractivity contribution < 1.29 is 19.4 Å². The van der Waals surface area contributed by atoms with Crippen molar-refractivity contribution in [2.24, 2.45) is 5.92 Å². The second kappa shape index (κ2) is 6.52. The summed E-state index contributed by atoms with van der Waals surface area (Å²) in [6.07, 6.45) is 3.34. The average Bonchev–Trinajstić information content (AvgIpc) is 2.69. The fourth-order valence-electron chi connectivity index (χ4n) is 4.44. The van der Waals surface area contributed by atoms with E-state index in [4.69, 9.17) is 9.47 Å². The van der Waals surface area contributed by atoms with Gasteiger partial charge in [-0.05, 0) is 53.7 Å². The van der Waals surface area contributed by atoms with Crippen LogP contribution in [0.25, 0.3) is 5.76 Å². The summed E-state index contributed by atoms with van der Waals surface area (Å²) < 4.78 is 10.5. The molecule has 0 bridgehead atoms. The molecule has 0 saturated heterocycles. The molecule has 0 unspecified atom stereocenters. The van der Waals surface area contributed by atoms with Crippen LogP contribution in [0.4, 0.5) is 0 Å². The number of hydrogen-bond donors (Lipinski definition) is 1. The maximum atomic E-state index is 12.4. The van der Waals surface area contributed by atoms with E-state index < -0.39 is 5.92 Å². The molecule has 0 radical (unpaired) electrons. The van der Waals surface area contributed by atoms with E-state index in [1.54, 1.807) is 13.2 Å². The summed E-state index contributed by atoms with van der Waals surface area (Å²) in [5.41, 5.74) is 4.24. The van der Waals surface area contributed by atoms with Crippen molar-refractivity contribution in [3.05, 3.63) is 70.8 Å². The Morgan fingerprint density at radius 1 is 1.15 bits per heavy atom. The number of ether oxygens (including phenoxy) is 2. The third-order valence-corrected chi connectivity index (χ3v) is 5.64. The van der Waals surface area contributed by atoms with E-state index in [9.17, 15) is 9.90 Å². The molecule has 0 heterocycles. The summed E-state index contributed by atoms with van der Waals surface area (Å²) in [4.78, 5) is 12.4. The van der Waals surface area contributed by atoms with Gasteiger partial charge in [0.25, 0.3) is 0 Å². The zero-order valence-electron chi connectivity index (χ0n) is 14.9. The molecule has 4 nitrogen and oxygen atoms in total. The molecule has 26 heavy (non-hydrogen) atoms.